The van der Waals surface area contributed by atoms with E-state index in [0.717, 1.165) is 0 Å². The second-order valence-electron chi connectivity index (χ2n) is 21.6. The van der Waals surface area contributed by atoms with Gasteiger partial charge < -0.3 is 0 Å². The van der Waals surface area contributed by atoms with Crippen molar-refractivity contribution in [2.24, 2.45) is 0 Å². The summed E-state index contributed by atoms with van der Waals surface area (Å²) in [6, 6.07) is 51.5. The van der Waals surface area contributed by atoms with Crippen molar-refractivity contribution in [3.8, 4) is 44.5 Å². The van der Waals surface area contributed by atoms with Crippen LogP contribution in [-0.2, 0) is 21.7 Å². The Kier molecular flexibility index (Phi) is 10.1. The van der Waals surface area contributed by atoms with Crippen LogP contribution in [0.2, 0.25) is 0 Å². The summed E-state index contributed by atoms with van der Waals surface area (Å²) in [6.07, 6.45) is 0. The molecule has 0 aliphatic heterocycles. The Balaban J connectivity index is 1.84. The Labute approximate surface area is 360 Å². The summed E-state index contributed by atoms with van der Waals surface area (Å²) in [7, 11) is 0. The predicted molar refractivity (Wildman–Crippen MR) is 265 cm³/mol. The molecular weight excluding hydrogens is 721 g/mol. The summed E-state index contributed by atoms with van der Waals surface area (Å²) >= 11 is 0. The molecule has 60 heavy (non-hydrogen) atoms. The molecule has 0 radical (unpaired) electrons. The Bertz CT molecular complexity index is 2690. The highest BCUT2D eigenvalue weighted by atomic mass is 14.4. The Hall–Kier alpha value is -5.46. The van der Waals surface area contributed by atoms with Crippen LogP contribution in [-0.4, -0.2) is 0 Å². The van der Waals surface area contributed by atoms with Crippen molar-refractivity contribution in [3.05, 3.63) is 167 Å². The molecule has 0 aromatic heterocycles. The molecule has 0 atom stereocenters. The fraction of sp³-hybridized carbons (Fsp3) is 0.300. The summed E-state index contributed by atoms with van der Waals surface area (Å²) in [5.74, 6) is 0. The molecule has 8 aromatic carbocycles. The van der Waals surface area contributed by atoms with Gasteiger partial charge in [-0.1, -0.05) is 203 Å². The molecular formula is C60H64. The van der Waals surface area contributed by atoms with Crippen LogP contribution in [0.1, 0.15) is 116 Å². The quantitative estimate of drug-likeness (QED) is 0.156. The minimum Gasteiger partial charge on any atom is -0.0622 e. The molecule has 0 spiro atoms. The van der Waals surface area contributed by atoms with E-state index in [1.165, 1.54) is 110 Å². The smallest absolute Gasteiger partial charge is 0.000139 e. The molecule has 304 valence electrons. The molecule has 0 heteroatoms. The SMILES string of the molecule is Cc1ccc(-c2c3cc(C(C)(C)C)c(C(C)(C)C)cc3c(-c3ccccc3)c3c(-c4ccc(C)cc4)c4cc(C(C)(C)C)c(C(C)(C)C)cc4c(-c4ccccc4)c23)cc1. The molecule has 0 nitrogen and oxygen atoms in total. The van der Waals surface area contributed by atoms with Gasteiger partial charge in [0, 0.05) is 0 Å². The number of aryl methyl sites for hydroxylation is 2. The van der Waals surface area contributed by atoms with Crippen LogP contribution in [0.4, 0.5) is 0 Å². The molecule has 8 rings (SSSR count). The maximum absolute atomic E-state index is 2.59. The summed E-state index contributed by atoms with van der Waals surface area (Å²) in [5.41, 5.74) is 18.0. The van der Waals surface area contributed by atoms with Crippen molar-refractivity contribution in [3.63, 3.8) is 0 Å². The summed E-state index contributed by atoms with van der Waals surface area (Å²) in [5, 5.41) is 7.83. The highest BCUT2D eigenvalue weighted by molar-refractivity contribution is 6.34. The molecule has 0 unspecified atom stereocenters. The van der Waals surface area contributed by atoms with Crippen LogP contribution in [0, 0.1) is 13.8 Å². The number of hydrogen-bond donors (Lipinski definition) is 0. The van der Waals surface area contributed by atoms with E-state index in [1.807, 2.05) is 0 Å². The van der Waals surface area contributed by atoms with Crippen molar-refractivity contribution < 1.29 is 0 Å². The van der Waals surface area contributed by atoms with Gasteiger partial charge in [-0.2, -0.15) is 0 Å². The average Bonchev–Trinajstić information content (AvgIpc) is 3.18. The maximum Gasteiger partial charge on any atom is -0.000139 e. The van der Waals surface area contributed by atoms with Crippen LogP contribution in [0.5, 0.6) is 0 Å². The molecule has 0 amide bonds. The topological polar surface area (TPSA) is 0 Å². The van der Waals surface area contributed by atoms with Crippen molar-refractivity contribution >= 4 is 32.3 Å². The van der Waals surface area contributed by atoms with E-state index in [2.05, 4.69) is 230 Å². The molecule has 0 heterocycles. The molecule has 0 bridgehead atoms. The van der Waals surface area contributed by atoms with Gasteiger partial charge in [0.25, 0.3) is 0 Å². The van der Waals surface area contributed by atoms with Crippen LogP contribution in [0.3, 0.4) is 0 Å². The zero-order valence-corrected chi connectivity index (χ0v) is 38.7. The molecule has 8 aromatic rings. The lowest BCUT2D eigenvalue weighted by Gasteiger charge is -2.34. The fourth-order valence-corrected chi connectivity index (χ4v) is 9.65. The minimum atomic E-state index is -0.0765. The van der Waals surface area contributed by atoms with Crippen molar-refractivity contribution in [1.82, 2.24) is 0 Å². The van der Waals surface area contributed by atoms with Gasteiger partial charge in [-0.15, -0.1) is 0 Å². The minimum absolute atomic E-state index is 0.0763. The lowest BCUT2D eigenvalue weighted by Crippen LogP contribution is -2.22. The largest absolute Gasteiger partial charge is 0.0622 e. The average molecular weight is 785 g/mol. The van der Waals surface area contributed by atoms with Gasteiger partial charge in [-0.3, -0.25) is 0 Å². The van der Waals surface area contributed by atoms with Crippen LogP contribution >= 0.6 is 0 Å². The van der Waals surface area contributed by atoms with Crippen LogP contribution < -0.4 is 0 Å². The standard InChI is InChI=1S/C60H64/c1-37-25-29-41(30-26-37)53-45-35-49(59(9,10)11)47(57(3,4)5)33-43(45)52(40-23-19-16-20-24-40)56-54(42-31-27-38(2)28-32-42)46-36-50(60(12,13)14)48(58(6,7)8)34-44(46)51(55(53)56)39-21-17-15-18-22-39/h15-36H,1-14H3. The molecule has 0 saturated carbocycles. The number of rotatable bonds is 4. The molecule has 0 N–H and O–H groups in total. The van der Waals surface area contributed by atoms with E-state index >= 15 is 0 Å². The zero-order valence-electron chi connectivity index (χ0n) is 38.7. The third-order valence-corrected chi connectivity index (χ3v) is 12.7. The third-order valence-electron chi connectivity index (χ3n) is 12.7. The lowest BCUT2D eigenvalue weighted by molar-refractivity contribution is 0.531. The van der Waals surface area contributed by atoms with Crippen molar-refractivity contribution in [1.29, 1.82) is 0 Å². The number of benzene rings is 8. The zero-order chi connectivity index (χ0) is 43.1. The van der Waals surface area contributed by atoms with E-state index in [0.29, 0.717) is 0 Å². The number of hydrogen-bond acceptors (Lipinski definition) is 0. The second-order valence-corrected chi connectivity index (χ2v) is 21.6. The van der Waals surface area contributed by atoms with E-state index in [1.54, 1.807) is 0 Å². The van der Waals surface area contributed by atoms with Crippen LogP contribution in [0.15, 0.2) is 133 Å². The monoisotopic (exact) mass is 785 g/mol. The van der Waals surface area contributed by atoms with Gasteiger partial charge in [-0.05, 0) is 159 Å². The first kappa shape index (κ1) is 41.3. The second kappa shape index (κ2) is 14.6. The normalized spacial score (nSPS) is 12.8. The van der Waals surface area contributed by atoms with E-state index in [9.17, 15) is 0 Å². The Morgan fingerprint density at radius 3 is 0.700 bits per heavy atom. The van der Waals surface area contributed by atoms with Gasteiger partial charge >= 0.3 is 0 Å². The molecule has 0 saturated heterocycles. The first-order valence-electron chi connectivity index (χ1n) is 22.0. The Morgan fingerprint density at radius 1 is 0.267 bits per heavy atom. The summed E-state index contributed by atoms with van der Waals surface area (Å²) in [6.45, 7) is 33.0. The first-order valence-corrected chi connectivity index (χ1v) is 22.0. The molecule has 0 fully saturated rings. The lowest BCUT2D eigenvalue weighted by atomic mass is 9.70. The van der Waals surface area contributed by atoms with E-state index in [4.69, 9.17) is 0 Å². The predicted octanol–water partition coefficient (Wildman–Crippen LogP) is 17.6. The highest BCUT2D eigenvalue weighted by Gasteiger charge is 2.33. The summed E-state index contributed by atoms with van der Waals surface area (Å²) in [4.78, 5) is 0. The van der Waals surface area contributed by atoms with Gasteiger partial charge in [0.15, 0.2) is 0 Å². The maximum atomic E-state index is 2.59. The van der Waals surface area contributed by atoms with Gasteiger partial charge in [0.2, 0.25) is 0 Å². The van der Waals surface area contributed by atoms with E-state index < -0.39 is 0 Å². The van der Waals surface area contributed by atoms with Gasteiger partial charge in [-0.25, -0.2) is 0 Å². The molecule has 0 aliphatic carbocycles. The highest BCUT2D eigenvalue weighted by Crippen LogP contribution is 2.56. The summed E-state index contributed by atoms with van der Waals surface area (Å²) < 4.78 is 0. The van der Waals surface area contributed by atoms with Gasteiger partial charge in [0.1, 0.15) is 0 Å². The van der Waals surface area contributed by atoms with Crippen LogP contribution in [0.25, 0.3) is 76.8 Å². The Morgan fingerprint density at radius 2 is 0.483 bits per heavy atom. The first-order chi connectivity index (χ1) is 28.1. The third kappa shape index (κ3) is 7.27. The van der Waals surface area contributed by atoms with Gasteiger partial charge in [0.05, 0.1) is 0 Å². The number of fused-ring (bicyclic) bond motifs is 3. The van der Waals surface area contributed by atoms with Crippen molar-refractivity contribution in [2.75, 3.05) is 0 Å². The molecule has 0 aliphatic rings. The van der Waals surface area contributed by atoms with Crippen molar-refractivity contribution in [2.45, 2.75) is 119 Å². The fourth-order valence-electron chi connectivity index (χ4n) is 9.65. The van der Waals surface area contributed by atoms with E-state index in [-0.39, 0.29) is 21.7 Å².